The molecule has 0 aliphatic heterocycles. The van der Waals surface area contributed by atoms with Crippen molar-refractivity contribution in [1.29, 1.82) is 0 Å². The minimum absolute atomic E-state index is 0.929. The fourth-order valence-corrected chi connectivity index (χ4v) is 1.48. The number of methoxy groups -OCH3 is 1. The lowest BCUT2D eigenvalue weighted by atomic mass is 10.1. The van der Waals surface area contributed by atoms with Crippen LogP contribution in [0.2, 0.25) is 0 Å². The molecule has 0 saturated heterocycles. The molecule has 0 aliphatic rings. The van der Waals surface area contributed by atoms with Crippen molar-refractivity contribution >= 4 is 10.8 Å². The predicted octanol–water partition coefficient (Wildman–Crippen LogP) is 1.67. The van der Waals surface area contributed by atoms with Gasteiger partial charge in [-0.1, -0.05) is 6.07 Å². The number of aromatic nitrogens is 1. The highest BCUT2D eigenvalue weighted by atomic mass is 16.5. The monoisotopic (exact) mass is 174 g/mol. The fourth-order valence-electron chi connectivity index (χ4n) is 1.48. The van der Waals surface area contributed by atoms with E-state index in [4.69, 9.17) is 4.74 Å². The van der Waals surface area contributed by atoms with Crippen LogP contribution in [0.5, 0.6) is 5.75 Å². The number of hydrogen-bond donors (Lipinski definition) is 0. The number of benzene rings is 1. The third kappa shape index (κ3) is 1.35. The molecule has 2 rings (SSSR count). The summed E-state index contributed by atoms with van der Waals surface area (Å²) in [5.41, 5.74) is 0. The number of nitrogens with zero attached hydrogens (tertiary/aromatic N) is 1. The Labute approximate surface area is 77.4 Å². The largest absolute Gasteiger partial charge is 0.496 e. The Morgan fingerprint density at radius 3 is 2.85 bits per heavy atom. The van der Waals surface area contributed by atoms with E-state index in [1.54, 1.807) is 7.11 Å². The molecule has 13 heavy (non-hydrogen) atoms. The van der Waals surface area contributed by atoms with Crippen molar-refractivity contribution in [2.24, 2.45) is 7.05 Å². The lowest BCUT2D eigenvalue weighted by Crippen LogP contribution is -2.25. The Morgan fingerprint density at radius 2 is 2.08 bits per heavy atom. The predicted molar refractivity (Wildman–Crippen MR) is 51.7 cm³/mol. The minimum atomic E-state index is 0.929. The zero-order chi connectivity index (χ0) is 9.26. The molecule has 66 valence electrons. The Morgan fingerprint density at radius 1 is 1.23 bits per heavy atom. The molecule has 0 saturated carbocycles. The van der Waals surface area contributed by atoms with Gasteiger partial charge in [-0.15, -0.1) is 0 Å². The van der Waals surface area contributed by atoms with E-state index >= 15 is 0 Å². The highest BCUT2D eigenvalue weighted by Crippen LogP contribution is 2.23. The first-order valence-corrected chi connectivity index (χ1v) is 4.23. The third-order valence-electron chi connectivity index (χ3n) is 2.14. The molecular weight excluding hydrogens is 162 g/mol. The lowest BCUT2D eigenvalue weighted by molar-refractivity contribution is -0.670. The zero-order valence-corrected chi connectivity index (χ0v) is 7.82. The van der Waals surface area contributed by atoms with Crippen molar-refractivity contribution in [3.05, 3.63) is 36.7 Å². The van der Waals surface area contributed by atoms with Crippen LogP contribution in [0.25, 0.3) is 10.8 Å². The summed E-state index contributed by atoms with van der Waals surface area (Å²) >= 11 is 0. The van der Waals surface area contributed by atoms with Crippen LogP contribution in [0.3, 0.4) is 0 Å². The molecule has 1 aromatic carbocycles. The number of hydrogen-bond acceptors (Lipinski definition) is 1. The summed E-state index contributed by atoms with van der Waals surface area (Å²) in [5.74, 6) is 0.929. The maximum Gasteiger partial charge on any atom is 0.176 e. The normalized spacial score (nSPS) is 10.3. The zero-order valence-electron chi connectivity index (χ0n) is 7.82. The van der Waals surface area contributed by atoms with Crippen molar-refractivity contribution < 1.29 is 9.30 Å². The Kier molecular flexibility index (Phi) is 1.89. The van der Waals surface area contributed by atoms with Crippen LogP contribution >= 0.6 is 0 Å². The van der Waals surface area contributed by atoms with Gasteiger partial charge in [-0.05, 0) is 12.1 Å². The fraction of sp³-hybridized carbons (Fsp3) is 0.182. The minimum Gasteiger partial charge on any atom is -0.496 e. The Balaban J connectivity index is 2.77. The SMILES string of the molecule is COc1cccc2c[n+](C)ccc12. The van der Waals surface area contributed by atoms with Gasteiger partial charge in [-0.25, -0.2) is 4.57 Å². The quantitative estimate of drug-likeness (QED) is 0.599. The van der Waals surface area contributed by atoms with Crippen LogP contribution in [0.4, 0.5) is 0 Å². The summed E-state index contributed by atoms with van der Waals surface area (Å²) in [6, 6.07) is 8.12. The van der Waals surface area contributed by atoms with Gasteiger partial charge in [0, 0.05) is 16.8 Å². The molecule has 0 fully saturated rings. The van der Waals surface area contributed by atoms with E-state index in [2.05, 4.69) is 18.3 Å². The van der Waals surface area contributed by atoms with Crippen molar-refractivity contribution in [1.82, 2.24) is 0 Å². The first kappa shape index (κ1) is 8.05. The van der Waals surface area contributed by atoms with E-state index in [1.165, 1.54) is 5.39 Å². The van der Waals surface area contributed by atoms with Gasteiger partial charge >= 0.3 is 0 Å². The molecule has 0 aliphatic carbocycles. The molecule has 2 aromatic rings. The first-order valence-electron chi connectivity index (χ1n) is 4.23. The van der Waals surface area contributed by atoms with Gasteiger partial charge in [-0.3, -0.25) is 0 Å². The smallest absolute Gasteiger partial charge is 0.176 e. The number of pyridine rings is 1. The Hall–Kier alpha value is -1.57. The molecule has 1 aromatic heterocycles. The van der Waals surface area contributed by atoms with Crippen molar-refractivity contribution in [2.45, 2.75) is 0 Å². The molecule has 0 bridgehead atoms. The maximum atomic E-state index is 5.26. The summed E-state index contributed by atoms with van der Waals surface area (Å²) in [6.45, 7) is 0. The average Bonchev–Trinajstić information content (AvgIpc) is 2.16. The molecule has 1 heterocycles. The summed E-state index contributed by atoms with van der Waals surface area (Å²) in [6.07, 6.45) is 4.10. The molecule has 0 amide bonds. The van der Waals surface area contributed by atoms with Crippen LogP contribution < -0.4 is 9.30 Å². The second-order valence-electron chi connectivity index (χ2n) is 3.07. The van der Waals surface area contributed by atoms with Crippen molar-refractivity contribution in [3.63, 3.8) is 0 Å². The van der Waals surface area contributed by atoms with Crippen LogP contribution in [-0.4, -0.2) is 7.11 Å². The van der Waals surface area contributed by atoms with Gasteiger partial charge in [0.05, 0.1) is 7.11 Å². The third-order valence-corrected chi connectivity index (χ3v) is 2.14. The average molecular weight is 174 g/mol. The summed E-state index contributed by atoms with van der Waals surface area (Å²) in [4.78, 5) is 0. The molecule has 0 N–H and O–H groups in total. The highest BCUT2D eigenvalue weighted by molar-refractivity contribution is 5.86. The van der Waals surface area contributed by atoms with Gasteiger partial charge in [0.25, 0.3) is 0 Å². The van der Waals surface area contributed by atoms with Crippen LogP contribution in [0.15, 0.2) is 36.7 Å². The molecule has 2 nitrogen and oxygen atoms in total. The van der Waals surface area contributed by atoms with E-state index in [0.29, 0.717) is 0 Å². The van der Waals surface area contributed by atoms with Crippen LogP contribution in [0.1, 0.15) is 0 Å². The molecule has 0 radical (unpaired) electrons. The number of rotatable bonds is 1. The van der Waals surface area contributed by atoms with Gasteiger partial charge in [0.1, 0.15) is 12.8 Å². The van der Waals surface area contributed by atoms with E-state index < -0.39 is 0 Å². The van der Waals surface area contributed by atoms with Crippen LogP contribution in [0, 0.1) is 0 Å². The van der Waals surface area contributed by atoms with Gasteiger partial charge in [-0.2, -0.15) is 0 Å². The summed E-state index contributed by atoms with van der Waals surface area (Å²) in [7, 11) is 3.71. The van der Waals surface area contributed by atoms with E-state index in [-0.39, 0.29) is 0 Å². The highest BCUT2D eigenvalue weighted by Gasteiger charge is 2.02. The van der Waals surface area contributed by atoms with Gasteiger partial charge in [0.15, 0.2) is 12.4 Å². The number of aryl methyl sites for hydroxylation is 1. The van der Waals surface area contributed by atoms with E-state index in [1.807, 2.05) is 29.9 Å². The molecular formula is C11H12NO+. The van der Waals surface area contributed by atoms with Crippen LogP contribution in [-0.2, 0) is 7.05 Å². The lowest BCUT2D eigenvalue weighted by Gasteiger charge is -2.02. The Bertz CT molecular complexity index is 437. The summed E-state index contributed by atoms with van der Waals surface area (Å²) in [5, 5.41) is 2.35. The number of ether oxygens (including phenoxy) is 1. The maximum absolute atomic E-state index is 5.26. The van der Waals surface area contributed by atoms with Gasteiger partial charge < -0.3 is 4.74 Å². The molecule has 0 spiro atoms. The van der Waals surface area contributed by atoms with E-state index in [9.17, 15) is 0 Å². The first-order chi connectivity index (χ1) is 6.31. The molecule has 2 heteroatoms. The number of fused-ring (bicyclic) bond motifs is 1. The second kappa shape index (κ2) is 3.05. The second-order valence-corrected chi connectivity index (χ2v) is 3.07. The van der Waals surface area contributed by atoms with Crippen molar-refractivity contribution in [2.75, 3.05) is 7.11 Å². The summed E-state index contributed by atoms with van der Waals surface area (Å²) < 4.78 is 7.29. The topological polar surface area (TPSA) is 13.1 Å². The molecule has 0 unspecified atom stereocenters. The van der Waals surface area contributed by atoms with E-state index in [0.717, 1.165) is 11.1 Å². The van der Waals surface area contributed by atoms with Gasteiger partial charge in [0.2, 0.25) is 0 Å². The standard InChI is InChI=1S/C11H12NO/c1-12-7-6-10-9(8-12)4-3-5-11(10)13-2/h3-8H,1-2H3/q+1. The molecule has 0 atom stereocenters. The van der Waals surface area contributed by atoms with Crippen molar-refractivity contribution in [3.8, 4) is 5.75 Å².